The normalized spacial score (nSPS) is 12.9. The number of aromatic carboxylic acids is 1. The van der Waals surface area contributed by atoms with Crippen molar-refractivity contribution >= 4 is 23.7 Å². The Morgan fingerprint density at radius 3 is 2.19 bits per heavy atom. The van der Waals surface area contributed by atoms with E-state index in [-0.39, 0.29) is 18.2 Å². The number of carbonyl (C=O) groups is 3. The van der Waals surface area contributed by atoms with Crippen LogP contribution in [0.3, 0.4) is 0 Å². The van der Waals surface area contributed by atoms with Gasteiger partial charge in [-0.15, -0.1) is 0 Å². The average Bonchev–Trinajstić information content (AvgIpc) is 3.12. The molecule has 1 heterocycles. The summed E-state index contributed by atoms with van der Waals surface area (Å²) in [5.41, 5.74) is 4.66. The van der Waals surface area contributed by atoms with Crippen molar-refractivity contribution in [1.29, 1.82) is 0 Å². The highest BCUT2D eigenvalue weighted by Crippen LogP contribution is 2.44. The minimum atomic E-state index is -1.16. The molecule has 162 valence electrons. The van der Waals surface area contributed by atoms with Crippen molar-refractivity contribution in [1.82, 2.24) is 10.3 Å². The zero-order valence-corrected chi connectivity index (χ0v) is 17.2. The number of carboxylic acid groups (broad SMARTS) is 1. The quantitative estimate of drug-likeness (QED) is 0.548. The van der Waals surface area contributed by atoms with Crippen LogP contribution in [0.2, 0.25) is 0 Å². The molecule has 32 heavy (non-hydrogen) atoms. The van der Waals surface area contributed by atoms with Crippen molar-refractivity contribution in [3.05, 3.63) is 83.7 Å². The third-order valence-electron chi connectivity index (χ3n) is 5.32. The SMILES string of the molecule is C[C@@H](NC(=O)OCC1c2ccccc2-c2ccccc21)C(=O)Nc1ccc(C(=O)O)nc1. The zero-order valence-electron chi connectivity index (χ0n) is 17.2. The van der Waals surface area contributed by atoms with Gasteiger partial charge < -0.3 is 20.5 Å². The molecule has 1 aromatic heterocycles. The highest BCUT2D eigenvalue weighted by atomic mass is 16.5. The molecule has 0 bridgehead atoms. The first-order valence-electron chi connectivity index (χ1n) is 10.1. The van der Waals surface area contributed by atoms with Gasteiger partial charge in [-0.1, -0.05) is 48.5 Å². The van der Waals surface area contributed by atoms with E-state index in [4.69, 9.17) is 9.84 Å². The van der Waals surface area contributed by atoms with Gasteiger partial charge in [0.15, 0.2) is 0 Å². The third-order valence-corrected chi connectivity index (χ3v) is 5.32. The number of aromatic nitrogens is 1. The standard InChI is InChI=1S/C24H21N3O5/c1-14(22(28)27-15-10-11-21(23(29)30)25-12-15)26-24(31)32-13-20-18-8-4-2-6-16(18)17-7-3-5-9-19(17)20/h2-12,14,20H,13H2,1H3,(H,26,31)(H,27,28)(H,29,30)/t14-/m1/s1. The van der Waals surface area contributed by atoms with E-state index in [1.807, 2.05) is 36.4 Å². The summed E-state index contributed by atoms with van der Waals surface area (Å²) in [6.45, 7) is 1.67. The molecule has 0 saturated carbocycles. The summed E-state index contributed by atoms with van der Waals surface area (Å²) in [7, 11) is 0. The molecule has 0 unspecified atom stereocenters. The van der Waals surface area contributed by atoms with Crippen LogP contribution in [0.5, 0.6) is 0 Å². The fourth-order valence-corrected chi connectivity index (χ4v) is 3.73. The third kappa shape index (κ3) is 4.29. The topological polar surface area (TPSA) is 118 Å². The molecule has 0 fully saturated rings. The number of carbonyl (C=O) groups excluding carboxylic acids is 2. The van der Waals surface area contributed by atoms with E-state index in [1.54, 1.807) is 0 Å². The van der Waals surface area contributed by atoms with E-state index >= 15 is 0 Å². The molecule has 1 atom stereocenters. The van der Waals surface area contributed by atoms with Gasteiger partial charge in [-0.3, -0.25) is 4.79 Å². The predicted octanol–water partition coefficient (Wildman–Crippen LogP) is 3.65. The zero-order chi connectivity index (χ0) is 22.7. The van der Waals surface area contributed by atoms with Crippen LogP contribution in [0.15, 0.2) is 66.9 Å². The van der Waals surface area contributed by atoms with Gasteiger partial charge in [0.25, 0.3) is 0 Å². The number of nitrogens with one attached hydrogen (secondary N) is 2. The minimum absolute atomic E-state index is 0.0730. The van der Waals surface area contributed by atoms with Gasteiger partial charge in [-0.05, 0) is 41.3 Å². The number of anilines is 1. The number of fused-ring (bicyclic) bond motifs is 3. The number of hydrogen-bond acceptors (Lipinski definition) is 5. The Labute approximate surface area is 184 Å². The van der Waals surface area contributed by atoms with Crippen molar-refractivity contribution in [3.63, 3.8) is 0 Å². The lowest BCUT2D eigenvalue weighted by Gasteiger charge is -2.17. The Morgan fingerprint density at radius 2 is 1.62 bits per heavy atom. The van der Waals surface area contributed by atoms with E-state index in [0.717, 1.165) is 22.3 Å². The number of hydrogen-bond donors (Lipinski definition) is 3. The number of ether oxygens (including phenoxy) is 1. The van der Waals surface area contributed by atoms with Gasteiger partial charge in [0.05, 0.1) is 11.9 Å². The summed E-state index contributed by atoms with van der Waals surface area (Å²) in [5.74, 6) is -1.72. The van der Waals surface area contributed by atoms with Crippen molar-refractivity contribution in [2.24, 2.45) is 0 Å². The lowest BCUT2D eigenvalue weighted by atomic mass is 9.98. The molecule has 1 aliphatic carbocycles. The molecular weight excluding hydrogens is 410 g/mol. The Bertz CT molecular complexity index is 1130. The van der Waals surface area contributed by atoms with Crippen LogP contribution in [0, 0.1) is 0 Å². The van der Waals surface area contributed by atoms with Crippen LogP contribution in [-0.4, -0.2) is 40.7 Å². The summed E-state index contributed by atoms with van der Waals surface area (Å²) in [4.78, 5) is 39.2. The lowest BCUT2D eigenvalue weighted by molar-refractivity contribution is -0.117. The molecule has 3 aromatic rings. The summed E-state index contributed by atoms with van der Waals surface area (Å²) >= 11 is 0. The first-order chi connectivity index (χ1) is 15.4. The van der Waals surface area contributed by atoms with Crippen LogP contribution in [0.25, 0.3) is 11.1 Å². The maximum Gasteiger partial charge on any atom is 0.407 e. The molecule has 4 rings (SSSR count). The van der Waals surface area contributed by atoms with Crippen LogP contribution in [0.1, 0.15) is 34.5 Å². The monoisotopic (exact) mass is 431 g/mol. The molecule has 0 aliphatic heterocycles. The smallest absolute Gasteiger partial charge is 0.407 e. The minimum Gasteiger partial charge on any atom is -0.477 e. The van der Waals surface area contributed by atoms with E-state index in [2.05, 4.69) is 27.8 Å². The number of benzene rings is 2. The van der Waals surface area contributed by atoms with Crippen LogP contribution < -0.4 is 10.6 Å². The van der Waals surface area contributed by atoms with Gasteiger partial charge in [0.2, 0.25) is 5.91 Å². The van der Waals surface area contributed by atoms with Crippen molar-refractivity contribution in [2.75, 3.05) is 11.9 Å². The number of amides is 2. The van der Waals surface area contributed by atoms with E-state index < -0.39 is 24.0 Å². The molecule has 2 aromatic carbocycles. The van der Waals surface area contributed by atoms with Gasteiger partial charge in [0.1, 0.15) is 18.3 Å². The fraction of sp³-hybridized carbons (Fsp3) is 0.167. The van der Waals surface area contributed by atoms with E-state index in [1.165, 1.54) is 25.3 Å². The summed E-state index contributed by atoms with van der Waals surface area (Å²) < 4.78 is 5.45. The molecule has 1 aliphatic rings. The highest BCUT2D eigenvalue weighted by Gasteiger charge is 2.29. The van der Waals surface area contributed by atoms with Crippen molar-refractivity contribution < 1.29 is 24.2 Å². The maximum atomic E-state index is 12.3. The van der Waals surface area contributed by atoms with E-state index in [9.17, 15) is 14.4 Å². The first kappa shape index (κ1) is 21.0. The number of rotatable bonds is 6. The number of alkyl carbamates (subject to hydrolysis) is 1. The van der Waals surface area contributed by atoms with Crippen LogP contribution in [0.4, 0.5) is 10.5 Å². The maximum absolute atomic E-state index is 12.3. The Balaban J connectivity index is 1.34. The number of pyridine rings is 1. The fourth-order valence-electron chi connectivity index (χ4n) is 3.73. The molecule has 3 N–H and O–H groups in total. The Morgan fingerprint density at radius 1 is 1.00 bits per heavy atom. The molecule has 0 spiro atoms. The van der Waals surface area contributed by atoms with Crippen LogP contribution in [-0.2, 0) is 9.53 Å². The molecule has 8 heteroatoms. The average molecular weight is 431 g/mol. The molecule has 2 amide bonds. The molecule has 0 radical (unpaired) electrons. The molecule has 8 nitrogen and oxygen atoms in total. The largest absolute Gasteiger partial charge is 0.477 e. The van der Waals surface area contributed by atoms with Gasteiger partial charge in [-0.2, -0.15) is 0 Å². The second-order valence-corrected chi connectivity index (χ2v) is 7.42. The molecular formula is C24H21N3O5. The Kier molecular flexibility index (Phi) is 5.85. The lowest BCUT2D eigenvalue weighted by Crippen LogP contribution is -2.42. The summed E-state index contributed by atoms with van der Waals surface area (Å²) in [6, 6.07) is 17.9. The van der Waals surface area contributed by atoms with Gasteiger partial charge in [0, 0.05) is 5.92 Å². The number of carboxylic acids is 1. The van der Waals surface area contributed by atoms with Crippen LogP contribution >= 0.6 is 0 Å². The van der Waals surface area contributed by atoms with Crippen molar-refractivity contribution in [2.45, 2.75) is 18.9 Å². The summed E-state index contributed by atoms with van der Waals surface area (Å²) in [6.07, 6.45) is 0.537. The molecule has 0 saturated heterocycles. The second kappa shape index (κ2) is 8.89. The van der Waals surface area contributed by atoms with E-state index in [0.29, 0.717) is 5.69 Å². The van der Waals surface area contributed by atoms with Gasteiger partial charge in [-0.25, -0.2) is 14.6 Å². The summed E-state index contributed by atoms with van der Waals surface area (Å²) in [5, 5.41) is 14.0. The highest BCUT2D eigenvalue weighted by molar-refractivity contribution is 5.96. The number of nitrogens with zero attached hydrogens (tertiary/aromatic N) is 1. The predicted molar refractivity (Wildman–Crippen MR) is 117 cm³/mol. The first-order valence-corrected chi connectivity index (χ1v) is 10.1. The van der Waals surface area contributed by atoms with Crippen molar-refractivity contribution in [3.8, 4) is 11.1 Å². The Hall–Kier alpha value is -4.20. The van der Waals surface area contributed by atoms with Gasteiger partial charge >= 0.3 is 12.1 Å². The second-order valence-electron chi connectivity index (χ2n) is 7.42.